The van der Waals surface area contributed by atoms with Crippen LogP contribution in [0.2, 0.25) is 0 Å². The Morgan fingerprint density at radius 3 is 2.28 bits per heavy atom. The first kappa shape index (κ1) is 14.3. The molecule has 1 saturated carbocycles. The number of rotatable bonds is 5. The first-order valence-corrected chi connectivity index (χ1v) is 7.87. The predicted octanol–water partition coefficient (Wildman–Crippen LogP) is 2.15. The van der Waals surface area contributed by atoms with Crippen molar-refractivity contribution < 1.29 is 5.11 Å². The fourth-order valence-corrected chi connectivity index (χ4v) is 3.39. The molecule has 0 aromatic carbocycles. The fourth-order valence-electron chi connectivity index (χ4n) is 3.39. The van der Waals surface area contributed by atoms with E-state index in [-0.39, 0.29) is 0 Å². The lowest BCUT2D eigenvalue weighted by atomic mass is 9.94. The number of hydrogen-bond acceptors (Lipinski definition) is 3. The molecule has 2 N–H and O–H groups in total. The number of nitrogens with one attached hydrogen (secondary N) is 1. The van der Waals surface area contributed by atoms with Crippen LogP contribution in [0.25, 0.3) is 0 Å². The molecule has 0 amide bonds. The molecule has 18 heavy (non-hydrogen) atoms. The molecule has 3 heteroatoms. The zero-order valence-corrected chi connectivity index (χ0v) is 12.0. The second-order valence-corrected chi connectivity index (χ2v) is 6.36. The molecule has 0 bridgehead atoms. The average molecular weight is 254 g/mol. The van der Waals surface area contributed by atoms with Gasteiger partial charge in [0.05, 0.1) is 5.60 Å². The molecule has 2 fully saturated rings. The van der Waals surface area contributed by atoms with E-state index in [4.69, 9.17) is 0 Å². The third-order valence-corrected chi connectivity index (χ3v) is 4.69. The van der Waals surface area contributed by atoms with E-state index in [0.29, 0.717) is 6.04 Å². The molecule has 0 spiro atoms. The Morgan fingerprint density at radius 2 is 1.67 bits per heavy atom. The molecular formula is C15H30N2O. The summed E-state index contributed by atoms with van der Waals surface area (Å²) in [6.45, 7) is 6.61. The van der Waals surface area contributed by atoms with Gasteiger partial charge in [-0.3, -0.25) is 4.90 Å². The van der Waals surface area contributed by atoms with E-state index in [2.05, 4.69) is 17.1 Å². The minimum atomic E-state index is -0.429. The molecule has 1 heterocycles. The summed E-state index contributed by atoms with van der Waals surface area (Å²) in [6.07, 6.45) is 9.66. The van der Waals surface area contributed by atoms with Crippen LogP contribution in [-0.4, -0.2) is 47.8 Å². The Morgan fingerprint density at radius 1 is 1.06 bits per heavy atom. The van der Waals surface area contributed by atoms with Gasteiger partial charge in [0.2, 0.25) is 0 Å². The standard InChI is InChI=1S/C15H30N2O/c1-14(17-10-6-7-11-17)12-16-13-15(18)8-4-2-3-5-9-15/h14,16,18H,2-13H2,1H3. The maximum Gasteiger partial charge on any atom is 0.0771 e. The first-order chi connectivity index (χ1) is 8.70. The molecule has 3 nitrogen and oxygen atoms in total. The minimum Gasteiger partial charge on any atom is -0.389 e. The van der Waals surface area contributed by atoms with Crippen LogP contribution in [0.1, 0.15) is 58.3 Å². The van der Waals surface area contributed by atoms with Gasteiger partial charge in [-0.2, -0.15) is 0 Å². The lowest BCUT2D eigenvalue weighted by Gasteiger charge is -2.29. The van der Waals surface area contributed by atoms with Crippen molar-refractivity contribution in [1.82, 2.24) is 10.2 Å². The van der Waals surface area contributed by atoms with Crippen molar-refractivity contribution in [2.75, 3.05) is 26.2 Å². The first-order valence-electron chi connectivity index (χ1n) is 7.87. The molecule has 1 aliphatic heterocycles. The Kier molecular flexibility index (Phi) is 5.46. The number of nitrogens with zero attached hydrogens (tertiary/aromatic N) is 1. The average Bonchev–Trinajstić information content (AvgIpc) is 2.80. The third-order valence-electron chi connectivity index (χ3n) is 4.69. The minimum absolute atomic E-state index is 0.429. The molecule has 1 atom stereocenters. The maximum atomic E-state index is 10.6. The lowest BCUT2D eigenvalue weighted by Crippen LogP contribution is -2.45. The quantitative estimate of drug-likeness (QED) is 0.738. The topological polar surface area (TPSA) is 35.5 Å². The molecule has 1 unspecified atom stereocenters. The molecule has 0 aromatic rings. The van der Waals surface area contributed by atoms with Crippen LogP contribution in [0.3, 0.4) is 0 Å². The van der Waals surface area contributed by atoms with Gasteiger partial charge in [0.15, 0.2) is 0 Å². The second kappa shape index (κ2) is 6.88. The molecule has 0 radical (unpaired) electrons. The summed E-state index contributed by atoms with van der Waals surface area (Å²) in [6, 6.07) is 0.613. The van der Waals surface area contributed by atoms with Crippen molar-refractivity contribution >= 4 is 0 Å². The summed E-state index contributed by atoms with van der Waals surface area (Å²) in [5, 5.41) is 14.1. The van der Waals surface area contributed by atoms with Gasteiger partial charge in [0, 0.05) is 19.1 Å². The van der Waals surface area contributed by atoms with E-state index in [1.165, 1.54) is 51.6 Å². The second-order valence-electron chi connectivity index (χ2n) is 6.36. The van der Waals surface area contributed by atoms with E-state index in [1.807, 2.05) is 0 Å². The zero-order valence-electron chi connectivity index (χ0n) is 12.0. The van der Waals surface area contributed by atoms with Crippen molar-refractivity contribution in [3.63, 3.8) is 0 Å². The number of hydrogen-bond donors (Lipinski definition) is 2. The Hall–Kier alpha value is -0.120. The normalized spacial score (nSPS) is 27.0. The van der Waals surface area contributed by atoms with Crippen molar-refractivity contribution in [2.45, 2.75) is 69.9 Å². The van der Waals surface area contributed by atoms with E-state index in [9.17, 15) is 5.11 Å². The molecule has 2 rings (SSSR count). The van der Waals surface area contributed by atoms with Gasteiger partial charge in [-0.05, 0) is 45.7 Å². The van der Waals surface area contributed by atoms with Gasteiger partial charge in [0.25, 0.3) is 0 Å². The smallest absolute Gasteiger partial charge is 0.0771 e. The third kappa shape index (κ3) is 4.22. The summed E-state index contributed by atoms with van der Waals surface area (Å²) in [5.41, 5.74) is -0.429. The summed E-state index contributed by atoms with van der Waals surface area (Å²) in [5.74, 6) is 0. The van der Waals surface area contributed by atoms with E-state index < -0.39 is 5.60 Å². The monoisotopic (exact) mass is 254 g/mol. The van der Waals surface area contributed by atoms with Crippen LogP contribution in [0.15, 0.2) is 0 Å². The van der Waals surface area contributed by atoms with Crippen LogP contribution in [-0.2, 0) is 0 Å². The van der Waals surface area contributed by atoms with Crippen LogP contribution in [0.5, 0.6) is 0 Å². The number of aliphatic hydroxyl groups is 1. The van der Waals surface area contributed by atoms with Crippen LogP contribution in [0.4, 0.5) is 0 Å². The summed E-state index contributed by atoms with van der Waals surface area (Å²) in [4.78, 5) is 2.56. The summed E-state index contributed by atoms with van der Waals surface area (Å²) >= 11 is 0. The highest BCUT2D eigenvalue weighted by Crippen LogP contribution is 2.26. The highest BCUT2D eigenvalue weighted by Gasteiger charge is 2.27. The Labute approximate surface area is 112 Å². The molecule has 1 saturated heterocycles. The summed E-state index contributed by atoms with van der Waals surface area (Å²) in [7, 11) is 0. The molecule has 1 aliphatic carbocycles. The van der Waals surface area contributed by atoms with Gasteiger partial charge in [-0.25, -0.2) is 0 Å². The molecular weight excluding hydrogens is 224 g/mol. The van der Waals surface area contributed by atoms with Gasteiger partial charge < -0.3 is 10.4 Å². The highest BCUT2D eigenvalue weighted by atomic mass is 16.3. The Bertz CT molecular complexity index is 231. The Balaban J connectivity index is 1.66. The van der Waals surface area contributed by atoms with Crippen LogP contribution >= 0.6 is 0 Å². The number of likely N-dealkylation sites (tertiary alicyclic amines) is 1. The molecule has 0 aromatic heterocycles. The molecule has 2 aliphatic rings. The van der Waals surface area contributed by atoms with Crippen LogP contribution in [0, 0.1) is 0 Å². The van der Waals surface area contributed by atoms with Gasteiger partial charge in [-0.15, -0.1) is 0 Å². The van der Waals surface area contributed by atoms with E-state index in [0.717, 1.165) is 25.9 Å². The maximum absolute atomic E-state index is 10.6. The largest absolute Gasteiger partial charge is 0.389 e. The van der Waals surface area contributed by atoms with E-state index in [1.54, 1.807) is 0 Å². The SMILES string of the molecule is CC(CNCC1(O)CCCCCC1)N1CCCC1. The van der Waals surface area contributed by atoms with Crippen molar-refractivity contribution in [3.8, 4) is 0 Å². The van der Waals surface area contributed by atoms with Gasteiger partial charge in [-0.1, -0.05) is 25.7 Å². The zero-order chi connectivity index (χ0) is 12.8. The fraction of sp³-hybridized carbons (Fsp3) is 1.00. The van der Waals surface area contributed by atoms with Crippen LogP contribution < -0.4 is 5.32 Å². The lowest BCUT2D eigenvalue weighted by molar-refractivity contribution is 0.0241. The van der Waals surface area contributed by atoms with Gasteiger partial charge in [0.1, 0.15) is 0 Å². The molecule has 106 valence electrons. The summed E-state index contributed by atoms with van der Waals surface area (Å²) < 4.78 is 0. The van der Waals surface area contributed by atoms with E-state index >= 15 is 0 Å². The van der Waals surface area contributed by atoms with Crippen molar-refractivity contribution in [2.24, 2.45) is 0 Å². The van der Waals surface area contributed by atoms with Gasteiger partial charge >= 0.3 is 0 Å². The van der Waals surface area contributed by atoms with Crippen molar-refractivity contribution in [3.05, 3.63) is 0 Å². The predicted molar refractivity (Wildman–Crippen MR) is 75.8 cm³/mol. The van der Waals surface area contributed by atoms with Crippen molar-refractivity contribution in [1.29, 1.82) is 0 Å². The highest BCUT2D eigenvalue weighted by molar-refractivity contribution is 4.84.